The van der Waals surface area contributed by atoms with Gasteiger partial charge in [0, 0.05) is 13.1 Å². The first-order chi connectivity index (χ1) is 9.09. The van der Waals surface area contributed by atoms with Crippen molar-refractivity contribution in [3.63, 3.8) is 0 Å². The number of nitrogens with one attached hydrogen (secondary N) is 2. The lowest BCUT2D eigenvalue weighted by atomic mass is 10.3. The lowest BCUT2D eigenvalue weighted by Crippen LogP contribution is -2.39. The zero-order valence-corrected chi connectivity index (χ0v) is 11.6. The van der Waals surface area contributed by atoms with Gasteiger partial charge in [-0.1, -0.05) is 23.7 Å². The van der Waals surface area contributed by atoms with Gasteiger partial charge in [0.25, 0.3) is 0 Å². The minimum Gasteiger partial charge on any atom is -0.492 e. The largest absolute Gasteiger partial charge is 0.492 e. The number of carbonyl (C=O) groups is 1. The molecule has 0 fully saturated rings. The number of rotatable bonds is 7. The van der Waals surface area contributed by atoms with Gasteiger partial charge in [0.05, 0.1) is 17.7 Å². The third-order valence-electron chi connectivity index (χ3n) is 2.26. The lowest BCUT2D eigenvalue weighted by Gasteiger charge is -2.10. The second-order valence-electron chi connectivity index (χ2n) is 4.12. The van der Waals surface area contributed by atoms with E-state index < -0.39 is 6.10 Å². The average molecular weight is 287 g/mol. The maximum Gasteiger partial charge on any atom is 0.314 e. The predicted molar refractivity (Wildman–Crippen MR) is 74.6 cm³/mol. The zero-order chi connectivity index (χ0) is 14.1. The van der Waals surface area contributed by atoms with Crippen LogP contribution in [0.4, 0.5) is 4.79 Å². The molecule has 1 aromatic rings. The molecule has 0 aliphatic heterocycles. The van der Waals surface area contributed by atoms with Gasteiger partial charge in [0.1, 0.15) is 5.75 Å². The van der Waals surface area contributed by atoms with Gasteiger partial charge in [-0.05, 0) is 25.5 Å². The van der Waals surface area contributed by atoms with E-state index in [2.05, 4.69) is 10.6 Å². The number of aliphatic hydroxyl groups is 1. The molecule has 6 heteroatoms. The van der Waals surface area contributed by atoms with Gasteiger partial charge in [-0.2, -0.15) is 0 Å². The molecule has 19 heavy (non-hydrogen) atoms. The molecule has 0 aliphatic rings. The van der Waals surface area contributed by atoms with Crippen LogP contribution in [-0.4, -0.2) is 36.9 Å². The quantitative estimate of drug-likeness (QED) is 0.669. The van der Waals surface area contributed by atoms with Crippen LogP contribution in [-0.2, 0) is 0 Å². The van der Waals surface area contributed by atoms with E-state index in [4.69, 9.17) is 21.4 Å². The van der Waals surface area contributed by atoms with Gasteiger partial charge >= 0.3 is 6.03 Å². The van der Waals surface area contributed by atoms with Crippen LogP contribution in [0.25, 0.3) is 0 Å². The number of aliphatic hydroxyl groups excluding tert-OH is 1. The van der Waals surface area contributed by atoms with E-state index in [1.807, 2.05) is 12.1 Å². The highest BCUT2D eigenvalue weighted by Gasteiger charge is 2.02. The van der Waals surface area contributed by atoms with Crippen molar-refractivity contribution < 1.29 is 14.6 Å². The zero-order valence-electron chi connectivity index (χ0n) is 10.9. The molecule has 3 N–H and O–H groups in total. The summed E-state index contributed by atoms with van der Waals surface area (Å²) in [6.45, 7) is 2.82. The fraction of sp³-hybridized carbons (Fsp3) is 0.462. The number of amides is 2. The maximum absolute atomic E-state index is 11.2. The topological polar surface area (TPSA) is 70.6 Å². The van der Waals surface area contributed by atoms with Crippen molar-refractivity contribution in [2.75, 3.05) is 19.7 Å². The molecule has 106 valence electrons. The van der Waals surface area contributed by atoms with Crippen molar-refractivity contribution in [3.05, 3.63) is 29.3 Å². The molecule has 0 radical (unpaired) electrons. The number of ether oxygens (including phenoxy) is 1. The highest BCUT2D eigenvalue weighted by molar-refractivity contribution is 6.32. The Labute approximate surface area is 117 Å². The number of hydrogen-bond acceptors (Lipinski definition) is 3. The third kappa shape index (κ3) is 6.88. The van der Waals surface area contributed by atoms with Crippen LogP contribution in [0.2, 0.25) is 5.02 Å². The minimum absolute atomic E-state index is 0.238. The lowest BCUT2D eigenvalue weighted by molar-refractivity contribution is 0.187. The maximum atomic E-state index is 11.2. The van der Waals surface area contributed by atoms with Gasteiger partial charge in [0.15, 0.2) is 0 Å². The summed E-state index contributed by atoms with van der Waals surface area (Å²) in [6, 6.07) is 6.95. The average Bonchev–Trinajstić information content (AvgIpc) is 2.38. The van der Waals surface area contributed by atoms with Crippen molar-refractivity contribution in [1.29, 1.82) is 0 Å². The van der Waals surface area contributed by atoms with Crippen LogP contribution in [0.5, 0.6) is 5.75 Å². The smallest absolute Gasteiger partial charge is 0.314 e. The molecule has 0 saturated heterocycles. The molecule has 1 rings (SSSR count). The molecule has 1 atom stereocenters. The van der Waals surface area contributed by atoms with E-state index in [1.54, 1.807) is 19.1 Å². The molecular formula is C13H19ClN2O3. The van der Waals surface area contributed by atoms with Crippen molar-refractivity contribution in [2.24, 2.45) is 0 Å². The molecule has 0 saturated carbocycles. The fourth-order valence-electron chi connectivity index (χ4n) is 1.32. The van der Waals surface area contributed by atoms with Crippen molar-refractivity contribution in [2.45, 2.75) is 19.4 Å². The Morgan fingerprint density at radius 3 is 2.84 bits per heavy atom. The molecule has 2 amide bonds. The van der Waals surface area contributed by atoms with E-state index in [1.165, 1.54) is 0 Å². The van der Waals surface area contributed by atoms with Crippen LogP contribution in [0.15, 0.2) is 24.3 Å². The number of carbonyl (C=O) groups excluding carboxylic acids is 1. The first-order valence-electron chi connectivity index (χ1n) is 6.16. The first-order valence-corrected chi connectivity index (χ1v) is 6.54. The van der Waals surface area contributed by atoms with E-state index in [0.717, 1.165) is 0 Å². The molecule has 0 bridgehead atoms. The van der Waals surface area contributed by atoms with Crippen molar-refractivity contribution >= 4 is 17.6 Å². The van der Waals surface area contributed by atoms with Gasteiger partial charge < -0.3 is 20.5 Å². The summed E-state index contributed by atoms with van der Waals surface area (Å²) in [5, 5.41) is 14.8. The highest BCUT2D eigenvalue weighted by atomic mass is 35.5. The number of para-hydroxylation sites is 1. The predicted octanol–water partition coefficient (Wildman–Crippen LogP) is 1.79. The Kier molecular flexibility index (Phi) is 7.07. The SMILES string of the molecule is CC(O)CNC(=O)NCCCOc1ccccc1Cl. The molecule has 0 aromatic heterocycles. The van der Waals surface area contributed by atoms with Gasteiger partial charge in [-0.25, -0.2) is 4.79 Å². The molecule has 0 spiro atoms. The highest BCUT2D eigenvalue weighted by Crippen LogP contribution is 2.22. The Balaban J connectivity index is 2.08. The summed E-state index contributed by atoms with van der Waals surface area (Å²) in [4.78, 5) is 11.2. The Hall–Kier alpha value is -1.46. The van der Waals surface area contributed by atoms with Gasteiger partial charge in [-0.3, -0.25) is 0 Å². The summed E-state index contributed by atoms with van der Waals surface area (Å²) < 4.78 is 5.47. The first kappa shape index (κ1) is 15.6. The molecule has 1 aromatic carbocycles. The number of hydrogen-bond donors (Lipinski definition) is 3. The molecule has 0 heterocycles. The van der Waals surface area contributed by atoms with Gasteiger partial charge in [-0.15, -0.1) is 0 Å². The van der Waals surface area contributed by atoms with E-state index >= 15 is 0 Å². The second kappa shape index (κ2) is 8.61. The van der Waals surface area contributed by atoms with E-state index in [9.17, 15) is 4.79 Å². The summed E-state index contributed by atoms with van der Waals surface area (Å²) in [6.07, 6.45) is 0.127. The van der Waals surface area contributed by atoms with Crippen LogP contribution < -0.4 is 15.4 Å². The fourth-order valence-corrected chi connectivity index (χ4v) is 1.51. The molecule has 0 aliphatic carbocycles. The Morgan fingerprint density at radius 2 is 2.16 bits per heavy atom. The van der Waals surface area contributed by atoms with Crippen molar-refractivity contribution in [1.82, 2.24) is 10.6 Å². The van der Waals surface area contributed by atoms with Crippen LogP contribution in [0.1, 0.15) is 13.3 Å². The molecule has 1 unspecified atom stereocenters. The van der Waals surface area contributed by atoms with E-state index in [-0.39, 0.29) is 12.6 Å². The van der Waals surface area contributed by atoms with Crippen LogP contribution >= 0.6 is 11.6 Å². The monoisotopic (exact) mass is 286 g/mol. The minimum atomic E-state index is -0.547. The van der Waals surface area contributed by atoms with E-state index in [0.29, 0.717) is 30.3 Å². The van der Waals surface area contributed by atoms with Crippen LogP contribution in [0, 0.1) is 0 Å². The molecular weight excluding hydrogens is 268 g/mol. The summed E-state index contributed by atoms with van der Waals surface area (Å²) in [7, 11) is 0. The normalized spacial score (nSPS) is 11.7. The summed E-state index contributed by atoms with van der Waals surface area (Å²) in [5.41, 5.74) is 0. The number of benzene rings is 1. The van der Waals surface area contributed by atoms with Crippen molar-refractivity contribution in [3.8, 4) is 5.75 Å². The standard InChI is InChI=1S/C13H19ClN2O3/c1-10(17)9-16-13(18)15-7-4-8-19-12-6-3-2-5-11(12)14/h2-3,5-6,10,17H,4,7-9H2,1H3,(H2,15,16,18). The summed E-state index contributed by atoms with van der Waals surface area (Å²) >= 11 is 5.93. The Morgan fingerprint density at radius 1 is 1.42 bits per heavy atom. The number of halogens is 1. The second-order valence-corrected chi connectivity index (χ2v) is 4.53. The van der Waals surface area contributed by atoms with Crippen LogP contribution in [0.3, 0.4) is 0 Å². The molecule has 5 nitrogen and oxygen atoms in total. The van der Waals surface area contributed by atoms with Gasteiger partial charge in [0.2, 0.25) is 0 Å². The Bertz CT molecular complexity index is 399. The summed E-state index contributed by atoms with van der Waals surface area (Å²) in [5.74, 6) is 0.641. The number of urea groups is 1. The third-order valence-corrected chi connectivity index (χ3v) is 2.57.